The Hall–Kier alpha value is -3.32. The zero-order chi connectivity index (χ0) is 22.6. The summed E-state index contributed by atoms with van der Waals surface area (Å²) in [6, 6.07) is 19.5. The van der Waals surface area contributed by atoms with Gasteiger partial charge in [-0.1, -0.05) is 48.5 Å². The first-order valence-corrected chi connectivity index (χ1v) is 9.59. The van der Waals surface area contributed by atoms with Gasteiger partial charge in [-0.05, 0) is 59.9 Å². The Morgan fingerprint density at radius 2 is 1.61 bits per heavy atom. The number of aliphatic hydroxyl groups excluding tert-OH is 1. The number of ether oxygens (including phenoxy) is 1. The van der Waals surface area contributed by atoms with Crippen LogP contribution < -0.4 is 4.74 Å². The molecular formula is C24H21F3O4. The lowest BCUT2D eigenvalue weighted by atomic mass is 9.86. The second-order valence-corrected chi connectivity index (χ2v) is 7.25. The van der Waals surface area contributed by atoms with E-state index in [9.17, 15) is 23.1 Å². The van der Waals surface area contributed by atoms with Gasteiger partial charge in [0, 0.05) is 5.92 Å². The minimum absolute atomic E-state index is 0.192. The Bertz CT molecular complexity index is 1030. The zero-order valence-electron chi connectivity index (χ0n) is 16.6. The highest BCUT2D eigenvalue weighted by Crippen LogP contribution is 2.31. The zero-order valence-corrected chi connectivity index (χ0v) is 16.6. The van der Waals surface area contributed by atoms with E-state index >= 15 is 0 Å². The number of carbonyl (C=O) groups is 1. The summed E-state index contributed by atoms with van der Waals surface area (Å²) in [4.78, 5) is 11.0. The predicted octanol–water partition coefficient (Wildman–Crippen LogP) is 5.66. The van der Waals surface area contributed by atoms with E-state index in [1.54, 1.807) is 31.2 Å². The monoisotopic (exact) mass is 430 g/mol. The van der Waals surface area contributed by atoms with Crippen LogP contribution in [0, 0.1) is 0 Å². The van der Waals surface area contributed by atoms with Crippen LogP contribution in [0.5, 0.6) is 5.75 Å². The van der Waals surface area contributed by atoms with E-state index in [2.05, 4.69) is 4.74 Å². The van der Waals surface area contributed by atoms with Gasteiger partial charge in [0.1, 0.15) is 5.75 Å². The molecule has 0 aliphatic carbocycles. The lowest BCUT2D eigenvalue weighted by Crippen LogP contribution is -2.17. The van der Waals surface area contributed by atoms with Gasteiger partial charge in [-0.15, -0.1) is 13.2 Å². The average molecular weight is 430 g/mol. The van der Waals surface area contributed by atoms with Crippen LogP contribution in [0.15, 0.2) is 72.8 Å². The number of hydrogen-bond acceptors (Lipinski definition) is 3. The summed E-state index contributed by atoms with van der Waals surface area (Å²) in [6.45, 7) is 1.69. The molecule has 3 rings (SSSR count). The smallest absolute Gasteiger partial charge is 0.478 e. The molecule has 3 aromatic carbocycles. The van der Waals surface area contributed by atoms with Gasteiger partial charge in [0.15, 0.2) is 0 Å². The number of hydrogen-bond donors (Lipinski definition) is 2. The van der Waals surface area contributed by atoms with Gasteiger partial charge < -0.3 is 14.9 Å². The fraction of sp³-hybridized carbons (Fsp3) is 0.208. The van der Waals surface area contributed by atoms with Crippen LogP contribution in [0.2, 0.25) is 0 Å². The molecule has 0 amide bonds. The third-order valence-corrected chi connectivity index (χ3v) is 4.97. The topological polar surface area (TPSA) is 66.8 Å². The molecule has 4 nitrogen and oxygen atoms in total. The molecule has 7 heteroatoms. The highest BCUT2D eigenvalue weighted by atomic mass is 19.4. The lowest BCUT2D eigenvalue weighted by molar-refractivity contribution is -0.274. The molecule has 31 heavy (non-hydrogen) atoms. The van der Waals surface area contributed by atoms with Crippen molar-refractivity contribution in [1.82, 2.24) is 0 Å². The molecule has 0 aromatic heterocycles. The fourth-order valence-corrected chi connectivity index (χ4v) is 3.40. The summed E-state index contributed by atoms with van der Waals surface area (Å²) in [7, 11) is 0. The molecule has 3 aromatic rings. The third kappa shape index (κ3) is 6.08. The van der Waals surface area contributed by atoms with E-state index in [1.807, 2.05) is 24.3 Å². The van der Waals surface area contributed by atoms with E-state index < -0.39 is 18.4 Å². The van der Waals surface area contributed by atoms with Crippen molar-refractivity contribution >= 4 is 5.97 Å². The van der Waals surface area contributed by atoms with Gasteiger partial charge in [0.2, 0.25) is 0 Å². The van der Waals surface area contributed by atoms with E-state index in [1.165, 1.54) is 24.3 Å². The first-order valence-electron chi connectivity index (χ1n) is 9.59. The van der Waals surface area contributed by atoms with Crippen molar-refractivity contribution in [2.24, 2.45) is 0 Å². The quantitative estimate of drug-likeness (QED) is 0.508. The van der Waals surface area contributed by atoms with Crippen LogP contribution in [0.25, 0.3) is 11.1 Å². The maximum Gasteiger partial charge on any atom is 0.573 e. The number of carboxylic acids is 1. The van der Waals surface area contributed by atoms with Crippen LogP contribution in [0.1, 0.15) is 34.3 Å². The highest BCUT2D eigenvalue weighted by molar-refractivity contribution is 5.87. The number of alkyl halides is 3. The first kappa shape index (κ1) is 22.4. The third-order valence-electron chi connectivity index (χ3n) is 4.97. The van der Waals surface area contributed by atoms with Crippen LogP contribution >= 0.6 is 0 Å². The van der Waals surface area contributed by atoms with Crippen LogP contribution in [-0.4, -0.2) is 28.6 Å². The van der Waals surface area contributed by atoms with E-state index in [0.717, 1.165) is 16.7 Å². The SMILES string of the molecule is CC(O)C(Cc1ccc(C(=O)O)cc1)c1cccc(-c2ccc(OC(F)(F)F)cc2)c1. The standard InChI is InChI=1S/C24H21F3O4/c1-15(28)22(13-16-5-7-18(8-6-16)23(29)30)20-4-2-3-19(14-20)17-9-11-21(12-10-17)31-24(25,26)27/h2-12,14-15,22,28H,13H2,1H3,(H,29,30). The number of rotatable bonds is 7. The predicted molar refractivity (Wildman–Crippen MR) is 110 cm³/mol. The molecule has 2 N–H and O–H groups in total. The normalized spacial score (nSPS) is 13.5. The molecule has 0 radical (unpaired) electrons. The molecular weight excluding hydrogens is 409 g/mol. The van der Waals surface area contributed by atoms with Gasteiger partial charge in [-0.3, -0.25) is 0 Å². The second kappa shape index (κ2) is 9.22. The molecule has 0 aliphatic rings. The van der Waals surface area contributed by atoms with Crippen LogP contribution in [0.3, 0.4) is 0 Å². The van der Waals surface area contributed by atoms with Crippen molar-refractivity contribution in [3.8, 4) is 16.9 Å². The Balaban J connectivity index is 1.82. The lowest BCUT2D eigenvalue weighted by Gasteiger charge is -2.21. The van der Waals surface area contributed by atoms with Gasteiger partial charge in [0.05, 0.1) is 11.7 Å². The summed E-state index contributed by atoms with van der Waals surface area (Å²) in [5, 5.41) is 19.4. The Labute approximate surface area is 177 Å². The van der Waals surface area contributed by atoms with Gasteiger partial charge in [-0.2, -0.15) is 0 Å². The molecule has 2 unspecified atom stereocenters. The second-order valence-electron chi connectivity index (χ2n) is 7.25. The van der Waals surface area contributed by atoms with E-state index in [-0.39, 0.29) is 17.2 Å². The summed E-state index contributed by atoms with van der Waals surface area (Å²) < 4.78 is 40.9. The molecule has 0 fully saturated rings. The van der Waals surface area contributed by atoms with Crippen molar-refractivity contribution in [2.75, 3.05) is 0 Å². The van der Waals surface area contributed by atoms with Crippen molar-refractivity contribution < 1.29 is 32.9 Å². The van der Waals surface area contributed by atoms with Crippen LogP contribution in [-0.2, 0) is 6.42 Å². The van der Waals surface area contributed by atoms with Gasteiger partial charge >= 0.3 is 12.3 Å². The molecule has 0 saturated heterocycles. The largest absolute Gasteiger partial charge is 0.573 e. The van der Waals surface area contributed by atoms with Crippen molar-refractivity contribution in [3.63, 3.8) is 0 Å². The summed E-state index contributed by atoms with van der Waals surface area (Å²) in [5.74, 6) is -1.54. The molecule has 0 saturated carbocycles. The number of aromatic carboxylic acids is 1. The minimum atomic E-state index is -4.74. The molecule has 0 aliphatic heterocycles. The molecule has 0 heterocycles. The van der Waals surface area contributed by atoms with Crippen LogP contribution in [0.4, 0.5) is 13.2 Å². The molecule has 0 bridgehead atoms. The maximum atomic E-state index is 12.3. The Morgan fingerprint density at radius 3 is 2.16 bits per heavy atom. The van der Waals surface area contributed by atoms with Gasteiger partial charge in [0.25, 0.3) is 0 Å². The number of benzene rings is 3. The Morgan fingerprint density at radius 1 is 0.968 bits per heavy atom. The highest BCUT2D eigenvalue weighted by Gasteiger charge is 2.31. The minimum Gasteiger partial charge on any atom is -0.478 e. The molecule has 162 valence electrons. The van der Waals surface area contributed by atoms with Gasteiger partial charge in [-0.25, -0.2) is 4.79 Å². The van der Waals surface area contributed by atoms with E-state index in [0.29, 0.717) is 12.0 Å². The fourth-order valence-electron chi connectivity index (χ4n) is 3.40. The summed E-state index contributed by atoms with van der Waals surface area (Å²) in [5.41, 5.74) is 3.45. The van der Waals surface area contributed by atoms with Crippen molar-refractivity contribution in [1.29, 1.82) is 0 Å². The summed E-state index contributed by atoms with van der Waals surface area (Å²) >= 11 is 0. The van der Waals surface area contributed by atoms with Crippen molar-refractivity contribution in [3.05, 3.63) is 89.5 Å². The number of carboxylic acid groups (broad SMARTS) is 1. The Kier molecular flexibility index (Phi) is 6.65. The van der Waals surface area contributed by atoms with E-state index in [4.69, 9.17) is 5.11 Å². The molecule has 0 spiro atoms. The maximum absolute atomic E-state index is 12.3. The molecule has 2 atom stereocenters. The summed E-state index contributed by atoms with van der Waals surface area (Å²) in [6.07, 6.45) is -4.91. The number of aliphatic hydroxyl groups is 1. The number of halogens is 3. The average Bonchev–Trinajstić information content (AvgIpc) is 2.71. The first-order chi connectivity index (χ1) is 14.6. The van der Waals surface area contributed by atoms with Crippen molar-refractivity contribution in [2.45, 2.75) is 31.7 Å².